The van der Waals surface area contributed by atoms with Gasteiger partial charge in [0.05, 0.1) is 0 Å². The Morgan fingerprint density at radius 3 is 0.905 bits per heavy atom. The maximum Gasteiger partial charge on any atom is -0.0132 e. The van der Waals surface area contributed by atoms with E-state index in [1.54, 1.807) is 0 Å². The summed E-state index contributed by atoms with van der Waals surface area (Å²) in [5, 5.41) is 0. The molecule has 2 aromatic rings. The summed E-state index contributed by atoms with van der Waals surface area (Å²) < 4.78 is 0. The third-order valence-electron chi connectivity index (χ3n) is 2.31. The van der Waals surface area contributed by atoms with Crippen molar-refractivity contribution in [2.45, 2.75) is 53.9 Å². The zero-order valence-corrected chi connectivity index (χ0v) is 14.9. The molecule has 116 valence electrons. The van der Waals surface area contributed by atoms with Crippen molar-refractivity contribution in [1.29, 1.82) is 0 Å². The molecule has 21 heavy (non-hydrogen) atoms. The largest absolute Gasteiger partial charge is 0.0623 e. The molecular formula is C21H32. The van der Waals surface area contributed by atoms with Crippen LogP contribution in [0.4, 0.5) is 0 Å². The molecule has 0 saturated heterocycles. The smallest absolute Gasteiger partial charge is 0.0132 e. The van der Waals surface area contributed by atoms with Gasteiger partial charge in [-0.2, -0.15) is 0 Å². The van der Waals surface area contributed by atoms with Crippen LogP contribution in [0.15, 0.2) is 66.7 Å². The molecule has 0 aromatic heterocycles. The molecule has 0 saturated carbocycles. The van der Waals surface area contributed by atoms with E-state index in [9.17, 15) is 0 Å². The van der Waals surface area contributed by atoms with E-state index in [0.717, 1.165) is 0 Å². The van der Waals surface area contributed by atoms with Gasteiger partial charge in [0.15, 0.2) is 0 Å². The van der Waals surface area contributed by atoms with E-state index in [4.69, 9.17) is 0 Å². The molecular weight excluding hydrogens is 252 g/mol. The fraction of sp³-hybridized carbons (Fsp3) is 0.429. The fourth-order valence-electron chi connectivity index (χ4n) is 1.32. The van der Waals surface area contributed by atoms with Crippen LogP contribution in [-0.2, 0) is 5.41 Å². The Labute approximate surface area is 132 Å². The lowest BCUT2D eigenvalue weighted by Crippen LogP contribution is -2.10. The summed E-state index contributed by atoms with van der Waals surface area (Å²) in [5.41, 5.74) is 2.19. The fourth-order valence-corrected chi connectivity index (χ4v) is 1.32. The van der Waals surface area contributed by atoms with Crippen LogP contribution in [0.5, 0.6) is 0 Å². The summed E-state index contributed by atoms with van der Waals surface area (Å²) in [4.78, 5) is 0. The lowest BCUT2D eigenvalue weighted by molar-refractivity contribution is 0.469. The van der Waals surface area contributed by atoms with Gasteiger partial charge >= 0.3 is 0 Å². The van der Waals surface area contributed by atoms with Crippen LogP contribution in [0.2, 0.25) is 0 Å². The maximum atomic E-state index is 2.22. The topological polar surface area (TPSA) is 0 Å². The SMILES string of the molecule is CC(C)(C)C.CC(C)(C)c1ccccc1.c1ccccc1. The van der Waals surface area contributed by atoms with E-state index in [1.807, 2.05) is 36.4 Å². The summed E-state index contributed by atoms with van der Waals surface area (Å²) in [6.45, 7) is 15.4. The lowest BCUT2D eigenvalue weighted by atomic mass is 9.87. The molecule has 0 N–H and O–H groups in total. The molecule has 0 aliphatic rings. The third kappa shape index (κ3) is 14.7. The Balaban J connectivity index is 0.000000312. The Morgan fingerprint density at radius 1 is 0.476 bits per heavy atom. The number of hydrogen-bond acceptors (Lipinski definition) is 0. The Kier molecular flexibility index (Phi) is 8.69. The van der Waals surface area contributed by atoms with Crippen molar-refractivity contribution in [2.24, 2.45) is 5.41 Å². The first-order valence-electron chi connectivity index (χ1n) is 7.66. The van der Waals surface area contributed by atoms with E-state index in [2.05, 4.69) is 78.8 Å². The summed E-state index contributed by atoms with van der Waals surface area (Å²) in [7, 11) is 0. The first-order chi connectivity index (χ1) is 9.61. The average molecular weight is 284 g/mol. The zero-order chi connectivity index (χ0) is 16.4. The van der Waals surface area contributed by atoms with Crippen molar-refractivity contribution < 1.29 is 0 Å². The Morgan fingerprint density at radius 2 is 0.714 bits per heavy atom. The van der Waals surface area contributed by atoms with Gasteiger partial charge in [0, 0.05) is 0 Å². The van der Waals surface area contributed by atoms with Gasteiger partial charge in [-0.3, -0.25) is 0 Å². The second-order valence-corrected chi connectivity index (χ2v) is 7.77. The van der Waals surface area contributed by atoms with Crippen molar-refractivity contribution in [3.05, 3.63) is 72.3 Å². The highest BCUT2D eigenvalue weighted by molar-refractivity contribution is 5.21. The Bertz CT molecular complexity index is 408. The highest BCUT2D eigenvalue weighted by atomic mass is 14.2. The molecule has 2 aromatic carbocycles. The summed E-state index contributed by atoms with van der Waals surface area (Å²) in [6, 6.07) is 22.6. The van der Waals surface area contributed by atoms with Crippen molar-refractivity contribution in [2.75, 3.05) is 0 Å². The number of benzene rings is 2. The summed E-state index contributed by atoms with van der Waals surface area (Å²) in [6.07, 6.45) is 0. The molecule has 0 heteroatoms. The molecule has 0 atom stereocenters. The highest BCUT2D eigenvalue weighted by Gasteiger charge is 2.11. The van der Waals surface area contributed by atoms with Gasteiger partial charge < -0.3 is 0 Å². The van der Waals surface area contributed by atoms with Gasteiger partial charge in [-0.05, 0) is 16.4 Å². The molecule has 0 spiro atoms. The van der Waals surface area contributed by atoms with Crippen LogP contribution < -0.4 is 0 Å². The van der Waals surface area contributed by atoms with Gasteiger partial charge in [0.25, 0.3) is 0 Å². The molecule has 0 aliphatic carbocycles. The first-order valence-corrected chi connectivity index (χ1v) is 7.66. The molecule has 0 amide bonds. The monoisotopic (exact) mass is 284 g/mol. The number of hydrogen-bond donors (Lipinski definition) is 0. The van der Waals surface area contributed by atoms with Crippen LogP contribution >= 0.6 is 0 Å². The maximum absolute atomic E-state index is 2.22. The average Bonchev–Trinajstić information content (AvgIpc) is 2.40. The van der Waals surface area contributed by atoms with Gasteiger partial charge in [0.1, 0.15) is 0 Å². The minimum Gasteiger partial charge on any atom is -0.0623 e. The second-order valence-electron chi connectivity index (χ2n) is 7.77. The molecule has 0 bridgehead atoms. The van der Waals surface area contributed by atoms with Gasteiger partial charge in [0.2, 0.25) is 0 Å². The number of rotatable bonds is 0. The van der Waals surface area contributed by atoms with Crippen LogP contribution in [0, 0.1) is 5.41 Å². The quantitative estimate of drug-likeness (QED) is 0.503. The Hall–Kier alpha value is -1.56. The van der Waals surface area contributed by atoms with Crippen LogP contribution in [-0.4, -0.2) is 0 Å². The predicted octanol–water partition coefficient (Wildman–Crippen LogP) is 6.72. The summed E-state index contributed by atoms with van der Waals surface area (Å²) in [5.74, 6) is 0. The van der Waals surface area contributed by atoms with E-state index >= 15 is 0 Å². The van der Waals surface area contributed by atoms with Crippen molar-refractivity contribution >= 4 is 0 Å². The van der Waals surface area contributed by atoms with E-state index in [-0.39, 0.29) is 0 Å². The minimum absolute atomic E-state index is 0.293. The van der Waals surface area contributed by atoms with E-state index < -0.39 is 0 Å². The van der Waals surface area contributed by atoms with Gasteiger partial charge in [-0.15, -0.1) is 0 Å². The summed E-state index contributed by atoms with van der Waals surface area (Å²) >= 11 is 0. The lowest BCUT2D eigenvalue weighted by Gasteiger charge is -2.18. The van der Waals surface area contributed by atoms with Crippen LogP contribution in [0.1, 0.15) is 54.0 Å². The molecule has 2 rings (SSSR count). The second kappa shape index (κ2) is 9.39. The highest BCUT2D eigenvalue weighted by Crippen LogP contribution is 2.20. The van der Waals surface area contributed by atoms with Gasteiger partial charge in [-0.25, -0.2) is 0 Å². The minimum atomic E-state index is 0.293. The zero-order valence-electron chi connectivity index (χ0n) is 14.9. The normalized spacial score (nSPS) is 10.6. The van der Waals surface area contributed by atoms with Crippen LogP contribution in [0.25, 0.3) is 0 Å². The molecule has 0 fully saturated rings. The van der Waals surface area contributed by atoms with Crippen molar-refractivity contribution in [3.8, 4) is 0 Å². The van der Waals surface area contributed by atoms with E-state index in [0.29, 0.717) is 10.8 Å². The van der Waals surface area contributed by atoms with Gasteiger partial charge in [-0.1, -0.05) is 115 Å². The van der Waals surface area contributed by atoms with E-state index in [1.165, 1.54) is 5.56 Å². The standard InChI is InChI=1S/C10H14.C6H6.C5H12/c1-10(2,3)9-7-5-4-6-8-9;1-2-4-6-5-3-1;1-5(2,3)4/h4-8H,1-3H3;1-6H;1-4H3. The predicted molar refractivity (Wildman–Crippen MR) is 96.7 cm³/mol. The van der Waals surface area contributed by atoms with Crippen molar-refractivity contribution in [1.82, 2.24) is 0 Å². The first kappa shape index (κ1) is 19.4. The third-order valence-corrected chi connectivity index (χ3v) is 2.31. The molecule has 0 heterocycles. The molecule has 0 radical (unpaired) electrons. The van der Waals surface area contributed by atoms with Crippen molar-refractivity contribution in [3.63, 3.8) is 0 Å². The molecule has 0 aliphatic heterocycles. The molecule has 0 unspecified atom stereocenters. The van der Waals surface area contributed by atoms with Crippen LogP contribution in [0.3, 0.4) is 0 Å². The molecule has 0 nitrogen and oxygen atoms in total.